The van der Waals surface area contributed by atoms with Crippen molar-refractivity contribution in [2.75, 3.05) is 44.6 Å². The van der Waals surface area contributed by atoms with Gasteiger partial charge in [0.25, 0.3) is 0 Å². The Morgan fingerprint density at radius 1 is 0.921 bits per heavy atom. The predicted molar refractivity (Wildman–Crippen MR) is 148 cm³/mol. The van der Waals surface area contributed by atoms with Crippen molar-refractivity contribution in [3.05, 3.63) is 65.7 Å². The Bertz CT molecular complexity index is 1050. The molecule has 2 fully saturated rings. The minimum absolute atomic E-state index is 0.108. The maximum Gasteiger partial charge on any atom is 0.338 e. The topological polar surface area (TPSA) is 82.2 Å². The number of hydrogen-bond acceptors (Lipinski definition) is 5. The van der Waals surface area contributed by atoms with Crippen LogP contribution in [0.25, 0.3) is 0 Å². The van der Waals surface area contributed by atoms with Gasteiger partial charge in [0.15, 0.2) is 0 Å². The second-order valence-electron chi connectivity index (χ2n) is 10.1. The number of anilines is 1. The normalized spacial score (nSPS) is 16.6. The smallest absolute Gasteiger partial charge is 0.338 e. The fraction of sp³-hybridized carbons (Fsp3) is 0.500. The van der Waals surface area contributed by atoms with Crippen LogP contribution in [0.3, 0.4) is 0 Å². The summed E-state index contributed by atoms with van der Waals surface area (Å²) in [5.74, 6) is -0.273. The first-order valence-electron chi connectivity index (χ1n) is 13.9. The number of carbonyl (C=O) groups excluding carboxylic acids is 3. The van der Waals surface area contributed by atoms with Gasteiger partial charge in [-0.15, -0.1) is 0 Å². The van der Waals surface area contributed by atoms with Gasteiger partial charge < -0.3 is 19.9 Å². The van der Waals surface area contributed by atoms with E-state index < -0.39 is 0 Å². The first-order chi connectivity index (χ1) is 18.5. The van der Waals surface area contributed by atoms with Crippen LogP contribution >= 0.6 is 0 Å². The molecular formula is C30H40N4O4. The summed E-state index contributed by atoms with van der Waals surface area (Å²) < 4.78 is 5.03. The zero-order valence-electron chi connectivity index (χ0n) is 22.4. The number of esters is 1. The molecule has 2 aliphatic rings. The van der Waals surface area contributed by atoms with Crippen LogP contribution < -0.4 is 5.32 Å². The number of carbonyl (C=O) groups is 3. The first kappa shape index (κ1) is 27.6. The molecule has 0 radical (unpaired) electrons. The molecule has 1 heterocycles. The van der Waals surface area contributed by atoms with Crippen molar-refractivity contribution >= 4 is 23.6 Å². The molecule has 204 valence electrons. The van der Waals surface area contributed by atoms with E-state index in [0.29, 0.717) is 43.9 Å². The van der Waals surface area contributed by atoms with E-state index in [1.807, 2.05) is 15.9 Å². The second-order valence-corrected chi connectivity index (χ2v) is 10.1. The number of nitrogens with zero attached hydrogens (tertiary/aromatic N) is 3. The Balaban J connectivity index is 1.30. The molecule has 4 rings (SSSR count). The van der Waals surface area contributed by atoms with Crippen molar-refractivity contribution < 1.29 is 19.1 Å². The van der Waals surface area contributed by atoms with E-state index in [0.717, 1.165) is 45.3 Å². The van der Waals surface area contributed by atoms with Gasteiger partial charge in [0.1, 0.15) is 0 Å². The van der Waals surface area contributed by atoms with Crippen LogP contribution in [-0.2, 0) is 16.1 Å². The number of benzene rings is 2. The average molecular weight is 521 g/mol. The minimum atomic E-state index is -0.381. The molecule has 38 heavy (non-hydrogen) atoms. The third kappa shape index (κ3) is 7.81. The van der Waals surface area contributed by atoms with Gasteiger partial charge in [-0.05, 0) is 49.6 Å². The molecule has 0 unspecified atom stereocenters. The van der Waals surface area contributed by atoms with Crippen LogP contribution in [0.1, 0.15) is 61.4 Å². The van der Waals surface area contributed by atoms with Crippen molar-refractivity contribution in [3.63, 3.8) is 0 Å². The largest absolute Gasteiger partial charge is 0.462 e. The number of amides is 3. The molecule has 8 nitrogen and oxygen atoms in total. The maximum atomic E-state index is 13.3. The van der Waals surface area contributed by atoms with Crippen LogP contribution in [0, 0.1) is 0 Å². The third-order valence-electron chi connectivity index (χ3n) is 7.46. The summed E-state index contributed by atoms with van der Waals surface area (Å²) in [6.07, 6.45) is 5.63. The Morgan fingerprint density at radius 3 is 2.26 bits per heavy atom. The summed E-state index contributed by atoms with van der Waals surface area (Å²) in [4.78, 5) is 44.5. The quantitative estimate of drug-likeness (QED) is 0.482. The SMILES string of the molecule is CCOC(=O)c1ccc(NC(=O)N(CCC(=O)N2CCN(Cc3ccccc3)CC2)C2CCCCC2)cc1. The molecular weight excluding hydrogens is 480 g/mol. The molecule has 0 aromatic heterocycles. The highest BCUT2D eigenvalue weighted by molar-refractivity contribution is 5.92. The van der Waals surface area contributed by atoms with E-state index >= 15 is 0 Å². The lowest BCUT2D eigenvalue weighted by molar-refractivity contribution is -0.133. The molecule has 1 aliphatic carbocycles. The molecule has 1 saturated carbocycles. The Hall–Kier alpha value is -3.39. The van der Waals surface area contributed by atoms with Gasteiger partial charge in [-0.3, -0.25) is 9.69 Å². The van der Waals surface area contributed by atoms with Crippen molar-refractivity contribution in [2.24, 2.45) is 0 Å². The lowest BCUT2D eigenvalue weighted by atomic mass is 9.94. The molecule has 0 spiro atoms. The Labute approximate surface area is 225 Å². The summed E-state index contributed by atoms with van der Waals surface area (Å²) in [7, 11) is 0. The van der Waals surface area contributed by atoms with E-state index in [1.165, 1.54) is 12.0 Å². The van der Waals surface area contributed by atoms with Crippen molar-refractivity contribution in [1.82, 2.24) is 14.7 Å². The summed E-state index contributed by atoms with van der Waals surface area (Å²) in [6.45, 7) is 6.53. The average Bonchev–Trinajstić information content (AvgIpc) is 2.95. The van der Waals surface area contributed by atoms with Gasteiger partial charge in [-0.25, -0.2) is 9.59 Å². The second kappa shape index (κ2) is 14.0. The molecule has 3 amide bonds. The molecule has 1 N–H and O–H groups in total. The van der Waals surface area contributed by atoms with Crippen LogP contribution in [0.15, 0.2) is 54.6 Å². The molecule has 2 aromatic rings. The molecule has 1 aliphatic heterocycles. The first-order valence-corrected chi connectivity index (χ1v) is 13.9. The number of rotatable bonds is 9. The van der Waals surface area contributed by atoms with Crippen LogP contribution in [0.5, 0.6) is 0 Å². The van der Waals surface area contributed by atoms with E-state index in [1.54, 1.807) is 31.2 Å². The number of nitrogens with one attached hydrogen (secondary N) is 1. The van der Waals surface area contributed by atoms with Crippen LogP contribution in [-0.4, -0.2) is 78.0 Å². The van der Waals surface area contributed by atoms with Gasteiger partial charge in [0.2, 0.25) is 5.91 Å². The van der Waals surface area contributed by atoms with Gasteiger partial charge >= 0.3 is 12.0 Å². The molecule has 0 bridgehead atoms. The molecule has 0 atom stereocenters. The highest BCUT2D eigenvalue weighted by Crippen LogP contribution is 2.24. The van der Waals surface area contributed by atoms with Crippen molar-refractivity contribution in [2.45, 2.75) is 58.0 Å². The lowest BCUT2D eigenvalue weighted by Gasteiger charge is -2.37. The standard InChI is InChI=1S/C30H40N4O4/c1-2-38-29(36)25-13-15-26(16-14-25)31-30(37)34(27-11-7-4-8-12-27)18-17-28(35)33-21-19-32(20-22-33)23-24-9-5-3-6-10-24/h3,5-6,9-10,13-16,27H,2,4,7-8,11-12,17-23H2,1H3,(H,31,37). The highest BCUT2D eigenvalue weighted by Gasteiger charge is 2.28. The van der Waals surface area contributed by atoms with Gasteiger partial charge in [0.05, 0.1) is 12.2 Å². The Morgan fingerprint density at radius 2 is 1.61 bits per heavy atom. The summed E-state index contributed by atoms with van der Waals surface area (Å²) in [6, 6.07) is 17.1. The fourth-order valence-electron chi connectivity index (χ4n) is 5.31. The van der Waals surface area contributed by atoms with Crippen LogP contribution in [0.2, 0.25) is 0 Å². The van der Waals surface area contributed by atoms with Crippen molar-refractivity contribution in [3.8, 4) is 0 Å². The van der Waals surface area contributed by atoms with E-state index in [2.05, 4.69) is 34.5 Å². The minimum Gasteiger partial charge on any atom is -0.462 e. The van der Waals surface area contributed by atoms with Gasteiger partial charge in [0, 0.05) is 57.4 Å². The zero-order chi connectivity index (χ0) is 26.7. The highest BCUT2D eigenvalue weighted by atomic mass is 16.5. The summed E-state index contributed by atoms with van der Waals surface area (Å²) >= 11 is 0. The van der Waals surface area contributed by atoms with E-state index in [4.69, 9.17) is 4.74 Å². The Kier molecular flexibility index (Phi) is 10.1. The molecule has 8 heteroatoms. The van der Waals surface area contributed by atoms with Crippen molar-refractivity contribution in [1.29, 1.82) is 0 Å². The number of ether oxygens (including phenoxy) is 1. The fourth-order valence-corrected chi connectivity index (χ4v) is 5.31. The zero-order valence-corrected chi connectivity index (χ0v) is 22.4. The van der Waals surface area contributed by atoms with Gasteiger partial charge in [-0.2, -0.15) is 0 Å². The molecule has 2 aromatic carbocycles. The number of urea groups is 1. The van der Waals surface area contributed by atoms with Gasteiger partial charge in [-0.1, -0.05) is 49.6 Å². The third-order valence-corrected chi connectivity index (χ3v) is 7.46. The predicted octanol–water partition coefficient (Wildman–Crippen LogP) is 4.76. The monoisotopic (exact) mass is 520 g/mol. The lowest BCUT2D eigenvalue weighted by Crippen LogP contribution is -2.50. The number of hydrogen-bond donors (Lipinski definition) is 1. The summed E-state index contributed by atoms with van der Waals surface area (Å²) in [5.41, 5.74) is 2.35. The molecule has 1 saturated heterocycles. The van der Waals surface area contributed by atoms with E-state index in [9.17, 15) is 14.4 Å². The van der Waals surface area contributed by atoms with Crippen LogP contribution in [0.4, 0.5) is 10.5 Å². The maximum absolute atomic E-state index is 13.3. The summed E-state index contributed by atoms with van der Waals surface area (Å²) in [5, 5.41) is 2.97. The van der Waals surface area contributed by atoms with E-state index in [-0.39, 0.29) is 23.9 Å². The number of piperazine rings is 1.